The number of anilines is 1. The van der Waals surface area contributed by atoms with Gasteiger partial charge in [0.05, 0.1) is 21.7 Å². The van der Waals surface area contributed by atoms with Gasteiger partial charge in [-0.1, -0.05) is 41.4 Å². The number of nitrogens with one attached hydrogen (secondary N) is 2. The van der Waals surface area contributed by atoms with E-state index in [0.717, 1.165) is 26.8 Å². The highest BCUT2D eigenvalue weighted by molar-refractivity contribution is 7.21. The molecular weight excluding hydrogens is 429 g/mol. The van der Waals surface area contributed by atoms with Crippen LogP contribution in [0, 0.1) is 6.92 Å². The Bertz CT molecular complexity index is 1370. The Morgan fingerprint density at radius 2 is 2.00 bits per heavy atom. The second kappa shape index (κ2) is 6.88. The molecule has 0 bridgehead atoms. The van der Waals surface area contributed by atoms with Crippen molar-refractivity contribution in [3.8, 4) is 5.95 Å². The number of hydrogen-bond acceptors (Lipinski definition) is 4. The summed E-state index contributed by atoms with van der Waals surface area (Å²) >= 11 is 13.8. The summed E-state index contributed by atoms with van der Waals surface area (Å²) in [6, 6.07) is 14.8. The van der Waals surface area contributed by atoms with Gasteiger partial charge in [-0.3, -0.25) is 4.79 Å². The molecular formula is C20H13Cl2N5OS. The average molecular weight is 442 g/mol. The Balaban J connectivity index is 1.53. The van der Waals surface area contributed by atoms with Crippen LogP contribution in [0.1, 0.15) is 15.4 Å². The molecule has 0 saturated carbocycles. The van der Waals surface area contributed by atoms with Crippen LogP contribution < -0.4 is 5.32 Å². The van der Waals surface area contributed by atoms with E-state index in [-0.39, 0.29) is 5.91 Å². The molecule has 0 spiro atoms. The first-order chi connectivity index (χ1) is 14.0. The maximum atomic E-state index is 13.0. The Morgan fingerprint density at radius 3 is 2.83 bits per heavy atom. The highest BCUT2D eigenvalue weighted by Gasteiger charge is 2.20. The third-order valence-electron chi connectivity index (χ3n) is 4.45. The van der Waals surface area contributed by atoms with Gasteiger partial charge in [0.2, 0.25) is 5.95 Å². The molecule has 5 rings (SSSR count). The van der Waals surface area contributed by atoms with Gasteiger partial charge in [-0.2, -0.15) is 9.78 Å². The van der Waals surface area contributed by atoms with Crippen molar-refractivity contribution in [1.29, 1.82) is 0 Å². The van der Waals surface area contributed by atoms with Crippen molar-refractivity contribution in [2.75, 3.05) is 5.32 Å². The molecule has 9 heteroatoms. The molecule has 144 valence electrons. The van der Waals surface area contributed by atoms with Crippen molar-refractivity contribution < 1.29 is 4.79 Å². The molecule has 29 heavy (non-hydrogen) atoms. The Morgan fingerprint density at radius 1 is 1.17 bits per heavy atom. The number of hydrogen-bond donors (Lipinski definition) is 2. The molecule has 0 saturated heterocycles. The van der Waals surface area contributed by atoms with Crippen LogP contribution >= 0.6 is 34.5 Å². The predicted molar refractivity (Wildman–Crippen MR) is 118 cm³/mol. The average Bonchev–Trinajstić information content (AvgIpc) is 3.36. The molecule has 6 nitrogen and oxygen atoms in total. The SMILES string of the molecule is Cc1cc(NC(=O)c2sc3cc(Cl)ccc3c2Cl)n(-c2nc3ccccc3[nH]2)n1. The first-order valence-electron chi connectivity index (χ1n) is 8.70. The second-order valence-electron chi connectivity index (χ2n) is 6.50. The fourth-order valence-electron chi connectivity index (χ4n) is 3.15. The molecule has 0 atom stereocenters. The maximum absolute atomic E-state index is 13.0. The standard InChI is InChI=1S/C20H13Cl2N5OS/c1-10-8-16(27(26-10)20-23-13-4-2-3-5-14(13)24-20)25-19(28)18-17(22)12-7-6-11(21)9-15(12)29-18/h2-9H,1H3,(H,23,24)(H,25,28). The number of aromatic nitrogens is 4. The number of halogens is 2. The minimum atomic E-state index is -0.315. The summed E-state index contributed by atoms with van der Waals surface area (Å²) in [5.74, 6) is 0.700. The van der Waals surface area contributed by atoms with Crippen LogP contribution in [0.25, 0.3) is 27.1 Å². The zero-order valence-corrected chi connectivity index (χ0v) is 17.4. The number of rotatable bonds is 3. The van der Waals surface area contributed by atoms with Gasteiger partial charge >= 0.3 is 0 Å². The fourth-order valence-corrected chi connectivity index (χ4v) is 4.84. The predicted octanol–water partition coefficient (Wildman–Crippen LogP) is 5.83. The van der Waals surface area contributed by atoms with Crippen LogP contribution in [-0.2, 0) is 0 Å². The topological polar surface area (TPSA) is 75.6 Å². The van der Waals surface area contributed by atoms with E-state index in [1.165, 1.54) is 11.3 Å². The van der Waals surface area contributed by atoms with Gasteiger partial charge in [0.25, 0.3) is 5.91 Å². The number of benzene rings is 2. The van der Waals surface area contributed by atoms with E-state index < -0.39 is 0 Å². The van der Waals surface area contributed by atoms with Gasteiger partial charge in [-0.15, -0.1) is 11.3 Å². The zero-order chi connectivity index (χ0) is 20.1. The highest BCUT2D eigenvalue weighted by atomic mass is 35.5. The monoisotopic (exact) mass is 441 g/mol. The van der Waals surface area contributed by atoms with Gasteiger partial charge in [-0.25, -0.2) is 4.98 Å². The van der Waals surface area contributed by atoms with E-state index in [9.17, 15) is 4.79 Å². The van der Waals surface area contributed by atoms with Crippen molar-refractivity contribution in [2.24, 2.45) is 0 Å². The second-order valence-corrected chi connectivity index (χ2v) is 8.37. The van der Waals surface area contributed by atoms with E-state index in [0.29, 0.717) is 26.7 Å². The summed E-state index contributed by atoms with van der Waals surface area (Å²) in [5.41, 5.74) is 2.45. The first-order valence-corrected chi connectivity index (χ1v) is 10.3. The van der Waals surface area contributed by atoms with Crippen LogP contribution in [-0.4, -0.2) is 25.7 Å². The van der Waals surface area contributed by atoms with Crippen molar-refractivity contribution in [3.63, 3.8) is 0 Å². The minimum Gasteiger partial charge on any atom is -0.322 e. The van der Waals surface area contributed by atoms with Crippen LogP contribution in [0.3, 0.4) is 0 Å². The third kappa shape index (κ3) is 3.17. The first kappa shape index (κ1) is 18.2. The molecule has 0 fully saturated rings. The highest BCUT2D eigenvalue weighted by Crippen LogP contribution is 2.37. The van der Waals surface area contributed by atoms with E-state index in [4.69, 9.17) is 23.2 Å². The Labute approximate surface area is 179 Å². The summed E-state index contributed by atoms with van der Waals surface area (Å²) in [4.78, 5) is 21.2. The summed E-state index contributed by atoms with van der Waals surface area (Å²) in [7, 11) is 0. The summed E-state index contributed by atoms with van der Waals surface area (Å²) in [5, 5.41) is 9.17. The van der Waals surface area contributed by atoms with Gasteiger partial charge in [0, 0.05) is 21.2 Å². The van der Waals surface area contributed by atoms with Gasteiger partial charge in [-0.05, 0) is 31.2 Å². The van der Waals surface area contributed by atoms with E-state index >= 15 is 0 Å². The van der Waals surface area contributed by atoms with Crippen LogP contribution in [0.15, 0.2) is 48.5 Å². The van der Waals surface area contributed by atoms with Crippen LogP contribution in [0.2, 0.25) is 10.0 Å². The van der Waals surface area contributed by atoms with Crippen molar-refractivity contribution in [2.45, 2.75) is 6.92 Å². The van der Waals surface area contributed by atoms with E-state index in [1.54, 1.807) is 22.9 Å². The molecule has 5 aromatic rings. The van der Waals surface area contributed by atoms with Gasteiger partial charge in [0.15, 0.2) is 0 Å². The van der Waals surface area contributed by atoms with Gasteiger partial charge in [0.1, 0.15) is 10.7 Å². The fraction of sp³-hybridized carbons (Fsp3) is 0.0500. The Kier molecular flexibility index (Phi) is 4.31. The lowest BCUT2D eigenvalue weighted by molar-refractivity contribution is 0.103. The van der Waals surface area contributed by atoms with E-state index in [1.807, 2.05) is 37.3 Å². The van der Waals surface area contributed by atoms with Gasteiger partial charge < -0.3 is 10.3 Å². The number of thiophene rings is 1. The summed E-state index contributed by atoms with van der Waals surface area (Å²) in [6.45, 7) is 1.85. The number of aromatic amines is 1. The number of aryl methyl sites for hydroxylation is 1. The number of fused-ring (bicyclic) bond motifs is 2. The minimum absolute atomic E-state index is 0.315. The smallest absolute Gasteiger partial charge is 0.268 e. The molecule has 3 heterocycles. The molecule has 0 aliphatic heterocycles. The lowest BCUT2D eigenvalue weighted by Crippen LogP contribution is -2.14. The number of H-pyrrole nitrogens is 1. The molecule has 0 radical (unpaired) electrons. The lowest BCUT2D eigenvalue weighted by atomic mass is 10.2. The van der Waals surface area contributed by atoms with E-state index in [2.05, 4.69) is 20.4 Å². The third-order valence-corrected chi connectivity index (χ3v) is 6.34. The molecule has 0 aliphatic rings. The quantitative estimate of drug-likeness (QED) is 0.369. The summed E-state index contributed by atoms with van der Waals surface area (Å²) in [6.07, 6.45) is 0. The molecule has 1 amide bonds. The number of para-hydroxylation sites is 2. The van der Waals surface area contributed by atoms with Crippen LogP contribution in [0.5, 0.6) is 0 Å². The number of amides is 1. The number of carbonyl (C=O) groups is 1. The molecule has 2 N–H and O–H groups in total. The normalized spacial score (nSPS) is 11.4. The number of carbonyl (C=O) groups excluding carboxylic acids is 1. The number of imidazole rings is 1. The van der Waals surface area contributed by atoms with Crippen molar-refractivity contribution in [3.05, 3.63) is 69.1 Å². The number of nitrogens with zero attached hydrogens (tertiary/aromatic N) is 3. The largest absolute Gasteiger partial charge is 0.322 e. The molecule has 2 aromatic carbocycles. The zero-order valence-electron chi connectivity index (χ0n) is 15.0. The van der Waals surface area contributed by atoms with Crippen molar-refractivity contribution >= 4 is 67.4 Å². The molecule has 0 unspecified atom stereocenters. The maximum Gasteiger partial charge on any atom is 0.268 e. The summed E-state index contributed by atoms with van der Waals surface area (Å²) < 4.78 is 2.43. The lowest BCUT2D eigenvalue weighted by Gasteiger charge is -2.05. The van der Waals surface area contributed by atoms with Crippen molar-refractivity contribution in [1.82, 2.24) is 19.7 Å². The molecule has 0 aliphatic carbocycles. The van der Waals surface area contributed by atoms with Crippen LogP contribution in [0.4, 0.5) is 5.82 Å². The molecule has 3 aromatic heterocycles. The Hall–Kier alpha value is -2.87.